The smallest absolute Gasteiger partial charge is 0 e. The van der Waals surface area contributed by atoms with Crippen molar-refractivity contribution < 1.29 is 17.1 Å². The molecule has 124 valence electrons. The van der Waals surface area contributed by atoms with E-state index in [0.29, 0.717) is 0 Å². The molecule has 0 atom stereocenters. The van der Waals surface area contributed by atoms with E-state index in [1.54, 1.807) is 16.7 Å². The van der Waals surface area contributed by atoms with Gasteiger partial charge >= 0.3 is 0 Å². The number of hydrogen-bond donors (Lipinski definition) is 0. The minimum atomic E-state index is 0. The van der Waals surface area contributed by atoms with Gasteiger partial charge in [-0.3, -0.25) is 0 Å². The van der Waals surface area contributed by atoms with Crippen LogP contribution in [0.4, 0.5) is 0 Å². The minimum absolute atomic E-state index is 0. The molecule has 0 amide bonds. The SMILES string of the molecule is CCCCCC[c-]1ccc(CC)c1CC.[Fe].[cH-]1[cH-][cH-][cH-][cH-]1. The van der Waals surface area contributed by atoms with Gasteiger partial charge in [0, 0.05) is 17.1 Å². The van der Waals surface area contributed by atoms with E-state index in [1.165, 1.54) is 44.9 Å². The van der Waals surface area contributed by atoms with Crippen molar-refractivity contribution in [3.8, 4) is 0 Å². The van der Waals surface area contributed by atoms with Gasteiger partial charge in [-0.15, -0.1) is 0 Å². The van der Waals surface area contributed by atoms with E-state index < -0.39 is 0 Å². The molecule has 0 bridgehead atoms. The quantitative estimate of drug-likeness (QED) is 0.330. The van der Waals surface area contributed by atoms with E-state index in [0.717, 1.165) is 0 Å². The van der Waals surface area contributed by atoms with Gasteiger partial charge < -0.3 is 30.3 Å². The fourth-order valence-electron chi connectivity index (χ4n) is 2.69. The molecule has 0 aromatic heterocycles. The van der Waals surface area contributed by atoms with Gasteiger partial charge in [-0.2, -0.15) is 22.8 Å². The van der Waals surface area contributed by atoms with E-state index in [-0.39, 0.29) is 17.1 Å². The first-order valence-electron chi connectivity index (χ1n) is 8.26. The molecule has 21 heavy (non-hydrogen) atoms. The molecule has 2 rings (SSSR count). The maximum Gasteiger partial charge on any atom is 0 e. The molecule has 0 saturated carbocycles. The second-order valence-corrected chi connectivity index (χ2v) is 5.34. The van der Waals surface area contributed by atoms with Crippen LogP contribution in [0.2, 0.25) is 0 Å². The van der Waals surface area contributed by atoms with Crippen molar-refractivity contribution in [2.24, 2.45) is 0 Å². The van der Waals surface area contributed by atoms with Crippen LogP contribution in [0.5, 0.6) is 0 Å². The van der Waals surface area contributed by atoms with Crippen LogP contribution in [0.1, 0.15) is 63.1 Å². The Labute approximate surface area is 142 Å². The maximum atomic E-state index is 2.35. The topological polar surface area (TPSA) is 0 Å². The molecule has 0 nitrogen and oxygen atoms in total. The number of unbranched alkanes of at least 4 members (excludes halogenated alkanes) is 3. The van der Waals surface area contributed by atoms with Crippen LogP contribution in [0.15, 0.2) is 42.5 Å². The third-order valence-corrected chi connectivity index (χ3v) is 3.85. The molecule has 1 heteroatoms. The second-order valence-electron chi connectivity index (χ2n) is 5.34. The zero-order valence-electron chi connectivity index (χ0n) is 13.8. The summed E-state index contributed by atoms with van der Waals surface area (Å²) in [6.07, 6.45) is 9.19. The van der Waals surface area contributed by atoms with E-state index in [1.807, 2.05) is 30.3 Å². The first-order chi connectivity index (χ1) is 9.83. The Balaban J connectivity index is 0.000000562. The summed E-state index contributed by atoms with van der Waals surface area (Å²) in [6, 6.07) is 14.7. The molecule has 0 spiro atoms. The average molecular weight is 326 g/mol. The molecular weight excluding hydrogens is 296 g/mol. The van der Waals surface area contributed by atoms with E-state index in [2.05, 4.69) is 32.9 Å². The van der Waals surface area contributed by atoms with Crippen LogP contribution >= 0.6 is 0 Å². The summed E-state index contributed by atoms with van der Waals surface area (Å²) in [6.45, 7) is 6.81. The van der Waals surface area contributed by atoms with Crippen molar-refractivity contribution in [2.75, 3.05) is 0 Å². The Kier molecular flexibility index (Phi) is 12.4. The van der Waals surface area contributed by atoms with Crippen LogP contribution in [-0.2, 0) is 36.3 Å². The molecule has 0 aliphatic heterocycles. The molecule has 0 heterocycles. The summed E-state index contributed by atoms with van der Waals surface area (Å²) in [5, 5.41) is 0. The average Bonchev–Trinajstić information content (AvgIpc) is 3.15. The molecular formula is C20H30Fe-6. The number of rotatable bonds is 7. The normalized spacial score (nSPS) is 9.67. The molecule has 0 N–H and O–H groups in total. The van der Waals surface area contributed by atoms with Crippen LogP contribution in [-0.4, -0.2) is 0 Å². The van der Waals surface area contributed by atoms with Gasteiger partial charge in [-0.25, -0.2) is 6.07 Å². The van der Waals surface area contributed by atoms with Crippen LogP contribution < -0.4 is 0 Å². The van der Waals surface area contributed by atoms with Crippen LogP contribution in [0, 0.1) is 0 Å². The van der Waals surface area contributed by atoms with Gasteiger partial charge in [-0.05, 0) is 0 Å². The molecule has 0 fully saturated rings. The van der Waals surface area contributed by atoms with Gasteiger partial charge in [0.15, 0.2) is 0 Å². The standard InChI is InChI=1S/C15H25.C5H5.Fe/c1-4-7-8-9-10-14-12-11-13(5-2)15(14)6-3;1-2-4-5-3-1;/h11-12H,4-10H2,1-3H3;1-5H;/q-1;-5;. The zero-order valence-corrected chi connectivity index (χ0v) is 14.9. The van der Waals surface area contributed by atoms with Crippen LogP contribution in [0.25, 0.3) is 0 Å². The zero-order chi connectivity index (χ0) is 14.6. The van der Waals surface area contributed by atoms with Crippen LogP contribution in [0.3, 0.4) is 0 Å². The predicted octanol–water partition coefficient (Wildman–Crippen LogP) is 6.06. The van der Waals surface area contributed by atoms with Gasteiger partial charge in [0.1, 0.15) is 0 Å². The Morgan fingerprint density at radius 2 is 1.48 bits per heavy atom. The third kappa shape index (κ3) is 7.69. The summed E-state index contributed by atoms with van der Waals surface area (Å²) in [5.74, 6) is 0. The number of aryl methyl sites for hydroxylation is 2. The first kappa shape index (κ1) is 20.2. The molecule has 0 aliphatic rings. The molecule has 0 aliphatic carbocycles. The summed E-state index contributed by atoms with van der Waals surface area (Å²) in [4.78, 5) is 0. The van der Waals surface area contributed by atoms with Gasteiger partial charge in [0.05, 0.1) is 0 Å². The first-order valence-corrected chi connectivity index (χ1v) is 8.26. The van der Waals surface area contributed by atoms with Crippen molar-refractivity contribution in [1.82, 2.24) is 0 Å². The second kappa shape index (κ2) is 12.9. The Morgan fingerprint density at radius 1 is 0.857 bits per heavy atom. The predicted molar refractivity (Wildman–Crippen MR) is 90.7 cm³/mol. The Morgan fingerprint density at radius 3 is 1.95 bits per heavy atom. The summed E-state index contributed by atoms with van der Waals surface area (Å²) in [5.41, 5.74) is 4.82. The monoisotopic (exact) mass is 326 g/mol. The van der Waals surface area contributed by atoms with Gasteiger partial charge in [0.2, 0.25) is 0 Å². The van der Waals surface area contributed by atoms with Crippen molar-refractivity contribution in [2.45, 2.75) is 65.7 Å². The molecule has 0 saturated heterocycles. The van der Waals surface area contributed by atoms with E-state index >= 15 is 0 Å². The minimum Gasteiger partial charge on any atom is -0.748 e. The van der Waals surface area contributed by atoms with Gasteiger partial charge in [0.25, 0.3) is 0 Å². The largest absolute Gasteiger partial charge is 0.748 e. The molecule has 2 aromatic carbocycles. The molecule has 2 aromatic rings. The Bertz CT molecular complexity index is 405. The summed E-state index contributed by atoms with van der Waals surface area (Å²) >= 11 is 0. The van der Waals surface area contributed by atoms with Crippen molar-refractivity contribution in [3.63, 3.8) is 0 Å². The fourth-order valence-corrected chi connectivity index (χ4v) is 2.69. The van der Waals surface area contributed by atoms with Gasteiger partial charge in [-0.1, -0.05) is 65.7 Å². The third-order valence-electron chi connectivity index (χ3n) is 3.85. The van der Waals surface area contributed by atoms with Crippen molar-refractivity contribution in [1.29, 1.82) is 0 Å². The van der Waals surface area contributed by atoms with Crippen molar-refractivity contribution >= 4 is 0 Å². The summed E-state index contributed by atoms with van der Waals surface area (Å²) < 4.78 is 0. The maximum absolute atomic E-state index is 2.35. The van der Waals surface area contributed by atoms with E-state index in [4.69, 9.17) is 0 Å². The van der Waals surface area contributed by atoms with E-state index in [9.17, 15) is 0 Å². The van der Waals surface area contributed by atoms with Crippen molar-refractivity contribution in [3.05, 3.63) is 59.2 Å². The molecule has 0 unspecified atom stereocenters. The molecule has 0 radical (unpaired) electrons. The number of hydrogen-bond acceptors (Lipinski definition) is 0. The Hall–Kier alpha value is -0.781. The fraction of sp³-hybridized carbons (Fsp3) is 0.500. The summed E-state index contributed by atoms with van der Waals surface area (Å²) in [7, 11) is 0.